The van der Waals surface area contributed by atoms with Crippen molar-refractivity contribution >= 4 is 12.0 Å². The lowest BCUT2D eigenvalue weighted by Gasteiger charge is -2.06. The number of hydrogen-bond acceptors (Lipinski definition) is 4. The molecular formula is C14H16N2O4. The Bertz CT molecular complexity index is 558. The quantitative estimate of drug-likeness (QED) is 0.538. The average Bonchev–Trinajstić information content (AvgIpc) is 2.42. The van der Waals surface area contributed by atoms with E-state index < -0.39 is 6.09 Å². The van der Waals surface area contributed by atoms with Gasteiger partial charge in [-0.3, -0.25) is 4.79 Å². The van der Waals surface area contributed by atoms with Gasteiger partial charge in [-0.15, -0.1) is 0 Å². The summed E-state index contributed by atoms with van der Waals surface area (Å²) < 4.78 is 4.50. The van der Waals surface area contributed by atoms with Crippen LogP contribution in [0.2, 0.25) is 0 Å². The summed E-state index contributed by atoms with van der Waals surface area (Å²) in [5.74, 6) is 5.01. The van der Waals surface area contributed by atoms with E-state index in [2.05, 4.69) is 21.9 Å². The first-order chi connectivity index (χ1) is 9.54. The highest BCUT2D eigenvalue weighted by Crippen LogP contribution is 2.10. The van der Waals surface area contributed by atoms with Gasteiger partial charge in [0.15, 0.2) is 0 Å². The predicted molar refractivity (Wildman–Crippen MR) is 73.0 cm³/mol. The molecule has 4 N–H and O–H groups in total. The fourth-order valence-electron chi connectivity index (χ4n) is 1.45. The molecule has 0 aliphatic heterocycles. The van der Waals surface area contributed by atoms with Crippen LogP contribution in [0.25, 0.3) is 0 Å². The van der Waals surface area contributed by atoms with Gasteiger partial charge < -0.3 is 20.9 Å². The first kappa shape index (κ1) is 15.5. The van der Waals surface area contributed by atoms with Gasteiger partial charge in [-0.2, -0.15) is 0 Å². The molecule has 2 amide bonds. The third-order valence-corrected chi connectivity index (χ3v) is 2.43. The maximum absolute atomic E-state index is 11.8. The van der Waals surface area contributed by atoms with Crippen LogP contribution in [-0.4, -0.2) is 36.9 Å². The zero-order valence-electron chi connectivity index (χ0n) is 11.1. The third-order valence-electron chi connectivity index (χ3n) is 2.43. The molecule has 1 rings (SSSR count). The van der Waals surface area contributed by atoms with Crippen LogP contribution >= 0.6 is 0 Å². The van der Waals surface area contributed by atoms with Gasteiger partial charge in [0.05, 0.1) is 6.54 Å². The Morgan fingerprint density at radius 1 is 1.45 bits per heavy atom. The van der Waals surface area contributed by atoms with Crippen molar-refractivity contribution in [3.8, 4) is 11.8 Å². The van der Waals surface area contributed by atoms with Gasteiger partial charge in [-0.25, -0.2) is 4.79 Å². The summed E-state index contributed by atoms with van der Waals surface area (Å²) in [5.41, 5.74) is 6.83. The standard InChI is InChI=1S/C14H16N2O4/c1-10-4-5-12(9-11(10)3-2-7-17)13(18)16-6-8-20-14(15)19/h4-5,9,17H,6-8H2,1H3,(H2,15,19)(H,16,18). The van der Waals surface area contributed by atoms with Crippen molar-refractivity contribution in [3.63, 3.8) is 0 Å². The van der Waals surface area contributed by atoms with E-state index in [4.69, 9.17) is 10.8 Å². The lowest BCUT2D eigenvalue weighted by Crippen LogP contribution is -2.29. The Morgan fingerprint density at radius 3 is 2.85 bits per heavy atom. The first-order valence-corrected chi connectivity index (χ1v) is 5.95. The number of rotatable bonds is 4. The molecule has 0 spiro atoms. The molecule has 0 radical (unpaired) electrons. The third kappa shape index (κ3) is 5.00. The molecule has 6 heteroatoms. The minimum absolute atomic E-state index is 0.0180. The van der Waals surface area contributed by atoms with E-state index in [0.717, 1.165) is 5.56 Å². The fourth-order valence-corrected chi connectivity index (χ4v) is 1.45. The van der Waals surface area contributed by atoms with Crippen molar-refractivity contribution in [1.29, 1.82) is 0 Å². The van der Waals surface area contributed by atoms with Crippen LogP contribution in [0.1, 0.15) is 21.5 Å². The number of carbonyl (C=O) groups excluding carboxylic acids is 2. The van der Waals surface area contributed by atoms with Crippen molar-refractivity contribution in [2.75, 3.05) is 19.8 Å². The number of ether oxygens (including phenoxy) is 1. The summed E-state index contributed by atoms with van der Waals surface area (Å²) in [4.78, 5) is 22.2. The van der Waals surface area contributed by atoms with E-state index in [1.165, 1.54) is 0 Å². The molecule has 0 unspecified atom stereocenters. The van der Waals surface area contributed by atoms with Crippen molar-refractivity contribution in [2.24, 2.45) is 5.73 Å². The summed E-state index contributed by atoms with van der Waals surface area (Å²) in [6.45, 7) is 1.82. The van der Waals surface area contributed by atoms with E-state index in [1.54, 1.807) is 18.2 Å². The SMILES string of the molecule is Cc1ccc(C(=O)NCCOC(N)=O)cc1C#CCO. The van der Waals surface area contributed by atoms with Gasteiger partial charge in [0.25, 0.3) is 5.91 Å². The van der Waals surface area contributed by atoms with Gasteiger partial charge in [0.1, 0.15) is 13.2 Å². The monoisotopic (exact) mass is 276 g/mol. The number of carbonyl (C=O) groups is 2. The first-order valence-electron chi connectivity index (χ1n) is 5.95. The topological polar surface area (TPSA) is 102 Å². The molecule has 1 aromatic rings. The van der Waals surface area contributed by atoms with Crippen molar-refractivity contribution < 1.29 is 19.4 Å². The number of nitrogens with one attached hydrogen (secondary N) is 1. The van der Waals surface area contributed by atoms with Gasteiger partial charge in [0.2, 0.25) is 0 Å². The Labute approximate surface area is 116 Å². The number of amides is 2. The molecule has 0 heterocycles. The molecular weight excluding hydrogens is 260 g/mol. The van der Waals surface area contributed by atoms with Crippen molar-refractivity contribution in [1.82, 2.24) is 5.32 Å². The molecule has 0 aromatic heterocycles. The van der Waals surface area contributed by atoms with Crippen LogP contribution in [0.15, 0.2) is 18.2 Å². The number of primary amides is 1. The van der Waals surface area contributed by atoms with Crippen LogP contribution in [0.5, 0.6) is 0 Å². The summed E-state index contributed by atoms with van der Waals surface area (Å²) in [5, 5.41) is 11.3. The lowest BCUT2D eigenvalue weighted by atomic mass is 10.0. The van der Waals surface area contributed by atoms with E-state index >= 15 is 0 Å². The van der Waals surface area contributed by atoms with Crippen LogP contribution in [0.4, 0.5) is 4.79 Å². The maximum atomic E-state index is 11.8. The van der Waals surface area contributed by atoms with Crippen molar-refractivity contribution in [2.45, 2.75) is 6.92 Å². The molecule has 0 bridgehead atoms. The highest BCUT2D eigenvalue weighted by Gasteiger charge is 2.07. The van der Waals surface area contributed by atoms with Crippen LogP contribution in [0, 0.1) is 18.8 Å². The summed E-state index contributed by atoms with van der Waals surface area (Å²) in [6.07, 6.45) is -0.879. The maximum Gasteiger partial charge on any atom is 0.404 e. The zero-order chi connectivity index (χ0) is 15.0. The number of nitrogens with two attached hydrogens (primary N) is 1. The second-order valence-electron chi connectivity index (χ2n) is 3.91. The second-order valence-corrected chi connectivity index (χ2v) is 3.91. The molecule has 106 valence electrons. The highest BCUT2D eigenvalue weighted by molar-refractivity contribution is 5.94. The Hall–Kier alpha value is -2.52. The van der Waals surface area contributed by atoms with Crippen molar-refractivity contribution in [3.05, 3.63) is 34.9 Å². The van der Waals surface area contributed by atoms with Crippen LogP contribution < -0.4 is 11.1 Å². The number of aliphatic hydroxyl groups is 1. The number of aliphatic hydroxyl groups excluding tert-OH is 1. The highest BCUT2D eigenvalue weighted by atomic mass is 16.5. The van der Waals surface area contributed by atoms with E-state index in [0.29, 0.717) is 11.1 Å². The lowest BCUT2D eigenvalue weighted by molar-refractivity contribution is 0.0937. The molecule has 1 aromatic carbocycles. The average molecular weight is 276 g/mol. The Kier molecular flexibility index (Phi) is 6.07. The zero-order valence-corrected chi connectivity index (χ0v) is 11.1. The van der Waals surface area contributed by atoms with E-state index in [9.17, 15) is 9.59 Å². The summed E-state index contributed by atoms with van der Waals surface area (Å²) in [6, 6.07) is 5.09. The number of hydrogen-bond donors (Lipinski definition) is 3. The van der Waals surface area contributed by atoms with Gasteiger partial charge in [-0.1, -0.05) is 17.9 Å². The largest absolute Gasteiger partial charge is 0.448 e. The van der Waals surface area contributed by atoms with E-state index in [1.807, 2.05) is 6.92 Å². The minimum Gasteiger partial charge on any atom is -0.448 e. The molecule has 20 heavy (non-hydrogen) atoms. The molecule has 0 saturated heterocycles. The molecule has 0 saturated carbocycles. The normalized spacial score (nSPS) is 9.30. The summed E-state index contributed by atoms with van der Waals surface area (Å²) in [7, 11) is 0. The Balaban J connectivity index is 2.66. The summed E-state index contributed by atoms with van der Waals surface area (Å²) >= 11 is 0. The fraction of sp³-hybridized carbons (Fsp3) is 0.286. The van der Waals surface area contributed by atoms with Crippen LogP contribution in [-0.2, 0) is 4.74 Å². The Morgan fingerprint density at radius 2 is 2.20 bits per heavy atom. The van der Waals surface area contributed by atoms with Crippen LogP contribution in [0.3, 0.4) is 0 Å². The molecule has 0 aliphatic rings. The van der Waals surface area contributed by atoms with Gasteiger partial charge >= 0.3 is 6.09 Å². The minimum atomic E-state index is -0.879. The number of benzene rings is 1. The molecule has 0 aliphatic carbocycles. The van der Waals surface area contributed by atoms with Gasteiger partial charge in [0, 0.05) is 11.1 Å². The molecule has 6 nitrogen and oxygen atoms in total. The molecule has 0 fully saturated rings. The predicted octanol–water partition coefficient (Wildman–Crippen LogP) is 0.164. The smallest absolute Gasteiger partial charge is 0.404 e. The van der Waals surface area contributed by atoms with Gasteiger partial charge in [-0.05, 0) is 24.6 Å². The molecule has 0 atom stereocenters. The second kappa shape index (κ2) is 7.81. The number of aryl methyl sites for hydroxylation is 1. The van der Waals surface area contributed by atoms with E-state index in [-0.39, 0.29) is 25.7 Å².